The molecular formula is C24H26N4O4S2. The summed E-state index contributed by atoms with van der Waals surface area (Å²) in [7, 11) is -3.74. The SMILES string of the molecule is C=CCN(CC=C)S(=O)(=O)c1ccc(C(=O)Nc2nnc(Cc3ccc(SCC)cc3)o2)cc1. The number of aromatic nitrogens is 2. The zero-order chi connectivity index (χ0) is 24.6. The van der Waals surface area contributed by atoms with Crippen molar-refractivity contribution in [2.45, 2.75) is 23.1 Å². The molecule has 0 spiro atoms. The highest BCUT2D eigenvalue weighted by Gasteiger charge is 2.23. The number of carbonyl (C=O) groups excluding carboxylic acids is 1. The van der Waals surface area contributed by atoms with Crippen LogP contribution in [0.1, 0.15) is 28.7 Å². The van der Waals surface area contributed by atoms with Gasteiger partial charge in [0.25, 0.3) is 5.91 Å². The molecule has 1 heterocycles. The van der Waals surface area contributed by atoms with Gasteiger partial charge in [0.15, 0.2) is 0 Å². The van der Waals surface area contributed by atoms with Crippen LogP contribution >= 0.6 is 11.8 Å². The fourth-order valence-corrected chi connectivity index (χ4v) is 5.12. The van der Waals surface area contributed by atoms with Crippen LogP contribution in [-0.4, -0.2) is 47.7 Å². The standard InChI is InChI=1S/C24H26N4O4S2/c1-4-15-28(16-5-2)34(30,31)21-13-9-19(10-14-21)23(29)25-24-27-26-22(32-24)17-18-7-11-20(12-8-18)33-6-3/h4-5,7-14H,1-2,6,15-17H2,3H3,(H,25,27,29). The molecule has 10 heteroatoms. The van der Waals surface area contributed by atoms with Crippen molar-refractivity contribution in [1.82, 2.24) is 14.5 Å². The van der Waals surface area contributed by atoms with E-state index < -0.39 is 15.9 Å². The van der Waals surface area contributed by atoms with E-state index in [1.807, 2.05) is 24.3 Å². The summed E-state index contributed by atoms with van der Waals surface area (Å²) in [6, 6.07) is 13.7. The average Bonchev–Trinajstić information content (AvgIpc) is 3.27. The van der Waals surface area contributed by atoms with E-state index >= 15 is 0 Å². The maximum absolute atomic E-state index is 12.8. The fourth-order valence-electron chi connectivity index (χ4n) is 3.08. The van der Waals surface area contributed by atoms with Crippen molar-refractivity contribution in [3.8, 4) is 0 Å². The highest BCUT2D eigenvalue weighted by atomic mass is 32.2. The quantitative estimate of drug-likeness (QED) is 0.292. The molecule has 1 amide bonds. The molecule has 0 fully saturated rings. The molecule has 0 bridgehead atoms. The van der Waals surface area contributed by atoms with Crippen molar-refractivity contribution in [3.05, 3.63) is 90.9 Å². The van der Waals surface area contributed by atoms with Crippen LogP contribution in [0, 0.1) is 0 Å². The molecule has 0 unspecified atom stereocenters. The Kier molecular flexibility index (Phi) is 8.80. The number of benzene rings is 2. The van der Waals surface area contributed by atoms with Gasteiger partial charge < -0.3 is 4.42 Å². The largest absolute Gasteiger partial charge is 0.407 e. The molecule has 2 aromatic carbocycles. The van der Waals surface area contributed by atoms with Crippen LogP contribution in [0.5, 0.6) is 0 Å². The number of hydrogen-bond acceptors (Lipinski definition) is 7. The number of anilines is 1. The Morgan fingerprint density at radius 2 is 1.71 bits per heavy atom. The number of nitrogens with zero attached hydrogens (tertiary/aromatic N) is 3. The summed E-state index contributed by atoms with van der Waals surface area (Å²) in [6.07, 6.45) is 3.45. The predicted octanol–water partition coefficient (Wildman–Crippen LogP) is 4.39. The van der Waals surface area contributed by atoms with Gasteiger partial charge in [0.2, 0.25) is 15.9 Å². The molecule has 3 aromatic rings. The number of carbonyl (C=O) groups is 1. The first-order valence-electron chi connectivity index (χ1n) is 10.5. The van der Waals surface area contributed by atoms with Crippen LogP contribution in [0.3, 0.4) is 0 Å². The summed E-state index contributed by atoms with van der Waals surface area (Å²) >= 11 is 1.76. The van der Waals surface area contributed by atoms with Crippen LogP contribution in [0.4, 0.5) is 6.01 Å². The number of sulfonamides is 1. The Balaban J connectivity index is 1.64. The molecular weight excluding hydrogens is 472 g/mol. The number of nitrogens with one attached hydrogen (secondary N) is 1. The van der Waals surface area contributed by atoms with Crippen LogP contribution in [0.2, 0.25) is 0 Å². The molecule has 0 saturated carbocycles. The van der Waals surface area contributed by atoms with Gasteiger partial charge in [-0.25, -0.2) is 8.42 Å². The molecule has 3 rings (SSSR count). The van der Waals surface area contributed by atoms with Gasteiger partial charge in [-0.1, -0.05) is 36.3 Å². The molecule has 0 radical (unpaired) electrons. The van der Waals surface area contributed by atoms with E-state index in [1.54, 1.807) is 11.8 Å². The van der Waals surface area contributed by atoms with Crippen LogP contribution < -0.4 is 5.32 Å². The van der Waals surface area contributed by atoms with Crippen molar-refractivity contribution in [2.24, 2.45) is 0 Å². The molecule has 34 heavy (non-hydrogen) atoms. The Labute approximate surface area is 203 Å². The van der Waals surface area contributed by atoms with E-state index in [1.165, 1.54) is 45.6 Å². The summed E-state index contributed by atoms with van der Waals surface area (Å²) in [5.74, 6) is 0.888. The lowest BCUT2D eigenvalue weighted by atomic mass is 10.1. The molecule has 0 saturated heterocycles. The Hall–Kier alpha value is -3.21. The summed E-state index contributed by atoms with van der Waals surface area (Å²) in [6.45, 7) is 9.58. The second-order valence-corrected chi connectivity index (χ2v) is 10.4. The topological polar surface area (TPSA) is 105 Å². The monoisotopic (exact) mass is 498 g/mol. The van der Waals surface area contributed by atoms with E-state index in [-0.39, 0.29) is 29.6 Å². The minimum absolute atomic E-state index is 0.0296. The predicted molar refractivity (Wildman–Crippen MR) is 133 cm³/mol. The molecule has 8 nitrogen and oxygen atoms in total. The molecule has 1 aromatic heterocycles. The normalized spacial score (nSPS) is 11.4. The molecule has 1 N–H and O–H groups in total. The Bertz CT molecular complexity index is 1230. The third kappa shape index (κ3) is 6.43. The summed E-state index contributed by atoms with van der Waals surface area (Å²) in [5.41, 5.74) is 1.27. The smallest absolute Gasteiger partial charge is 0.322 e. The third-order valence-corrected chi connectivity index (χ3v) is 7.44. The van der Waals surface area contributed by atoms with Crippen LogP contribution in [0.25, 0.3) is 0 Å². The van der Waals surface area contributed by atoms with Crippen LogP contribution in [-0.2, 0) is 16.4 Å². The van der Waals surface area contributed by atoms with Gasteiger partial charge in [0, 0.05) is 23.5 Å². The summed E-state index contributed by atoms with van der Waals surface area (Å²) in [5, 5.41) is 10.4. The van der Waals surface area contributed by atoms with Crippen molar-refractivity contribution in [1.29, 1.82) is 0 Å². The van der Waals surface area contributed by atoms with Gasteiger partial charge >= 0.3 is 6.01 Å². The molecule has 0 aliphatic carbocycles. The minimum atomic E-state index is -3.74. The molecule has 0 atom stereocenters. The van der Waals surface area contributed by atoms with Gasteiger partial charge in [-0.3, -0.25) is 10.1 Å². The van der Waals surface area contributed by atoms with E-state index in [9.17, 15) is 13.2 Å². The zero-order valence-electron chi connectivity index (χ0n) is 18.8. The lowest BCUT2D eigenvalue weighted by Crippen LogP contribution is -2.31. The molecule has 178 valence electrons. The van der Waals surface area contributed by atoms with E-state index in [4.69, 9.17) is 4.42 Å². The molecule has 0 aliphatic heterocycles. The highest BCUT2D eigenvalue weighted by molar-refractivity contribution is 7.99. The maximum Gasteiger partial charge on any atom is 0.322 e. The zero-order valence-corrected chi connectivity index (χ0v) is 20.4. The number of thioether (sulfide) groups is 1. The Morgan fingerprint density at radius 1 is 1.06 bits per heavy atom. The lowest BCUT2D eigenvalue weighted by Gasteiger charge is -2.19. The van der Waals surface area contributed by atoms with E-state index in [0.717, 1.165) is 11.3 Å². The van der Waals surface area contributed by atoms with Crippen molar-refractivity contribution < 1.29 is 17.6 Å². The second kappa shape index (κ2) is 11.8. The number of hydrogen-bond donors (Lipinski definition) is 1. The number of rotatable bonds is 12. The van der Waals surface area contributed by atoms with Crippen molar-refractivity contribution in [2.75, 3.05) is 24.2 Å². The number of amides is 1. The minimum Gasteiger partial charge on any atom is -0.407 e. The Morgan fingerprint density at radius 3 is 2.29 bits per heavy atom. The average molecular weight is 499 g/mol. The van der Waals surface area contributed by atoms with Gasteiger partial charge in [-0.15, -0.1) is 30.0 Å². The highest BCUT2D eigenvalue weighted by Crippen LogP contribution is 2.20. The van der Waals surface area contributed by atoms with Gasteiger partial charge in [0.1, 0.15) is 0 Å². The van der Waals surface area contributed by atoms with Gasteiger partial charge in [0.05, 0.1) is 11.3 Å². The maximum atomic E-state index is 12.8. The summed E-state index contributed by atoms with van der Waals surface area (Å²) < 4.78 is 32.3. The van der Waals surface area contributed by atoms with E-state index in [2.05, 4.69) is 35.6 Å². The fraction of sp³-hybridized carbons (Fsp3) is 0.208. The van der Waals surface area contributed by atoms with Crippen molar-refractivity contribution in [3.63, 3.8) is 0 Å². The summed E-state index contributed by atoms with van der Waals surface area (Å²) in [4.78, 5) is 13.8. The first-order chi connectivity index (χ1) is 16.4. The van der Waals surface area contributed by atoms with Crippen LogP contribution in [0.15, 0.2) is 88.0 Å². The molecule has 0 aliphatic rings. The van der Waals surface area contributed by atoms with E-state index in [0.29, 0.717) is 12.3 Å². The van der Waals surface area contributed by atoms with Gasteiger partial charge in [-0.05, 0) is 47.7 Å². The van der Waals surface area contributed by atoms with Gasteiger partial charge in [-0.2, -0.15) is 4.31 Å². The lowest BCUT2D eigenvalue weighted by molar-refractivity contribution is 0.102. The first kappa shape index (κ1) is 25.4. The van der Waals surface area contributed by atoms with Crippen molar-refractivity contribution >= 4 is 33.7 Å². The third-order valence-electron chi connectivity index (χ3n) is 4.70. The first-order valence-corrected chi connectivity index (χ1v) is 13.0. The second-order valence-electron chi connectivity index (χ2n) is 7.13.